The summed E-state index contributed by atoms with van der Waals surface area (Å²) in [6.45, 7) is 1.95. The van der Waals surface area contributed by atoms with Crippen molar-refractivity contribution in [2.75, 3.05) is 0 Å². The van der Waals surface area contributed by atoms with Crippen LogP contribution in [0.1, 0.15) is 6.92 Å². The van der Waals surface area contributed by atoms with E-state index in [-0.39, 0.29) is 0 Å². The van der Waals surface area contributed by atoms with Crippen molar-refractivity contribution in [3.63, 3.8) is 0 Å². The zero-order chi connectivity index (χ0) is 10.6. The molecule has 14 heavy (non-hydrogen) atoms. The molecule has 0 heterocycles. The minimum atomic E-state index is -0.938. The summed E-state index contributed by atoms with van der Waals surface area (Å²) in [6, 6.07) is 0. The van der Waals surface area contributed by atoms with Gasteiger partial charge in [-0.3, -0.25) is 0 Å². The van der Waals surface area contributed by atoms with Gasteiger partial charge in [-0.05, 0) is 6.92 Å². The number of carboxylic acid groups (broad SMARTS) is 1. The molecule has 0 saturated heterocycles. The van der Waals surface area contributed by atoms with E-state index in [1.807, 2.05) is 43.4 Å². The first-order valence-corrected chi connectivity index (χ1v) is 4.29. The standard InChI is InChI=1S/C12H14O2/c1-2-3-4-5-6-7-8-9-10-11-12(13)14/h2-11H,1H3,(H,13,14)/b3-2+,5-4+,7-6+,9-8+,11-10+. The fourth-order valence-corrected chi connectivity index (χ4v) is 0.634. The summed E-state index contributed by atoms with van der Waals surface area (Å²) in [5, 5.41) is 8.26. The Hall–Kier alpha value is -1.83. The topological polar surface area (TPSA) is 37.3 Å². The lowest BCUT2D eigenvalue weighted by atomic mass is 10.3. The molecule has 0 aliphatic carbocycles. The van der Waals surface area contributed by atoms with Gasteiger partial charge >= 0.3 is 5.97 Å². The second kappa shape index (κ2) is 9.26. The molecule has 0 bridgehead atoms. The zero-order valence-corrected chi connectivity index (χ0v) is 8.13. The predicted molar refractivity (Wildman–Crippen MR) is 59.0 cm³/mol. The molecule has 0 aliphatic rings. The number of carboxylic acids is 1. The molecule has 0 aliphatic heterocycles. The molecule has 2 heteroatoms. The average molecular weight is 190 g/mol. The second-order valence-corrected chi connectivity index (χ2v) is 2.38. The summed E-state index contributed by atoms with van der Waals surface area (Å²) in [5.41, 5.74) is 0. The van der Waals surface area contributed by atoms with Gasteiger partial charge in [0.2, 0.25) is 0 Å². The minimum absolute atomic E-state index is 0.938. The lowest BCUT2D eigenvalue weighted by molar-refractivity contribution is -0.131. The van der Waals surface area contributed by atoms with Gasteiger partial charge in [-0.2, -0.15) is 0 Å². The lowest BCUT2D eigenvalue weighted by Crippen LogP contribution is -1.84. The molecule has 0 rings (SSSR count). The Morgan fingerprint density at radius 2 is 1.29 bits per heavy atom. The Labute approximate surface area is 84.3 Å². The average Bonchev–Trinajstić information content (AvgIpc) is 2.15. The first-order chi connectivity index (χ1) is 6.77. The molecule has 0 aromatic heterocycles. The first kappa shape index (κ1) is 12.2. The summed E-state index contributed by atoms with van der Waals surface area (Å²) in [7, 11) is 0. The van der Waals surface area contributed by atoms with Gasteiger partial charge in [-0.15, -0.1) is 0 Å². The molecule has 0 radical (unpaired) electrons. The Balaban J connectivity index is 3.76. The molecule has 0 unspecified atom stereocenters. The molecule has 2 nitrogen and oxygen atoms in total. The number of hydrogen-bond donors (Lipinski definition) is 1. The molecule has 0 fully saturated rings. The quantitative estimate of drug-likeness (QED) is 0.534. The Kier molecular flexibility index (Phi) is 8.05. The largest absolute Gasteiger partial charge is 0.478 e. The Bertz CT molecular complexity index is 291. The van der Waals surface area contributed by atoms with Crippen LogP contribution in [0.3, 0.4) is 0 Å². The highest BCUT2D eigenvalue weighted by molar-refractivity contribution is 5.80. The SMILES string of the molecule is C/C=C/C=C/C=C/C=C/C=C/C(=O)O. The third-order valence-electron chi connectivity index (χ3n) is 1.21. The third-order valence-corrected chi connectivity index (χ3v) is 1.21. The van der Waals surface area contributed by atoms with Crippen LogP contribution in [0.5, 0.6) is 0 Å². The highest BCUT2D eigenvalue weighted by Gasteiger charge is 1.78. The molecule has 74 valence electrons. The van der Waals surface area contributed by atoms with E-state index >= 15 is 0 Å². The first-order valence-electron chi connectivity index (χ1n) is 4.29. The van der Waals surface area contributed by atoms with Crippen LogP contribution in [0.2, 0.25) is 0 Å². The van der Waals surface area contributed by atoms with Crippen molar-refractivity contribution in [2.24, 2.45) is 0 Å². The maximum absolute atomic E-state index is 10.0. The van der Waals surface area contributed by atoms with Crippen LogP contribution in [-0.2, 0) is 4.79 Å². The van der Waals surface area contributed by atoms with Crippen molar-refractivity contribution >= 4 is 5.97 Å². The fourth-order valence-electron chi connectivity index (χ4n) is 0.634. The van der Waals surface area contributed by atoms with Crippen LogP contribution in [0.15, 0.2) is 60.8 Å². The van der Waals surface area contributed by atoms with Gasteiger partial charge in [0.15, 0.2) is 0 Å². The molecule has 0 saturated carbocycles. The van der Waals surface area contributed by atoms with E-state index in [4.69, 9.17) is 5.11 Å². The fraction of sp³-hybridized carbons (Fsp3) is 0.0833. The maximum Gasteiger partial charge on any atom is 0.328 e. The van der Waals surface area contributed by atoms with Gasteiger partial charge in [-0.25, -0.2) is 4.79 Å². The summed E-state index contributed by atoms with van der Waals surface area (Å²) < 4.78 is 0. The highest BCUT2D eigenvalue weighted by Crippen LogP contribution is 1.83. The van der Waals surface area contributed by atoms with Crippen LogP contribution >= 0.6 is 0 Å². The van der Waals surface area contributed by atoms with E-state index in [2.05, 4.69) is 0 Å². The van der Waals surface area contributed by atoms with Gasteiger partial charge in [0.1, 0.15) is 0 Å². The molecule has 0 amide bonds. The Morgan fingerprint density at radius 1 is 0.857 bits per heavy atom. The zero-order valence-electron chi connectivity index (χ0n) is 8.13. The molecule has 0 aromatic rings. The van der Waals surface area contributed by atoms with Gasteiger partial charge < -0.3 is 5.11 Å². The van der Waals surface area contributed by atoms with Crippen molar-refractivity contribution in [3.8, 4) is 0 Å². The van der Waals surface area contributed by atoms with Crippen LogP contribution < -0.4 is 0 Å². The number of rotatable bonds is 5. The molecular weight excluding hydrogens is 176 g/mol. The number of aliphatic carboxylic acids is 1. The minimum Gasteiger partial charge on any atom is -0.478 e. The van der Waals surface area contributed by atoms with Gasteiger partial charge in [0, 0.05) is 6.08 Å². The smallest absolute Gasteiger partial charge is 0.328 e. The van der Waals surface area contributed by atoms with Crippen molar-refractivity contribution in [1.82, 2.24) is 0 Å². The van der Waals surface area contributed by atoms with E-state index < -0.39 is 5.97 Å². The summed E-state index contributed by atoms with van der Waals surface area (Å²) in [6.07, 6.45) is 17.4. The highest BCUT2D eigenvalue weighted by atomic mass is 16.4. The van der Waals surface area contributed by atoms with Crippen LogP contribution in [0.4, 0.5) is 0 Å². The van der Waals surface area contributed by atoms with Crippen molar-refractivity contribution in [1.29, 1.82) is 0 Å². The van der Waals surface area contributed by atoms with Gasteiger partial charge in [0.25, 0.3) is 0 Å². The second-order valence-electron chi connectivity index (χ2n) is 2.38. The van der Waals surface area contributed by atoms with Crippen LogP contribution in [0.25, 0.3) is 0 Å². The maximum atomic E-state index is 10.0. The molecule has 0 atom stereocenters. The van der Waals surface area contributed by atoms with Crippen molar-refractivity contribution in [3.05, 3.63) is 60.8 Å². The molecule has 0 spiro atoms. The van der Waals surface area contributed by atoms with E-state index in [9.17, 15) is 4.79 Å². The molecular formula is C12H14O2. The number of allylic oxidation sites excluding steroid dienone is 9. The predicted octanol–water partition coefficient (Wildman–Crippen LogP) is 2.87. The monoisotopic (exact) mass is 190 g/mol. The van der Waals surface area contributed by atoms with E-state index in [1.54, 1.807) is 12.2 Å². The van der Waals surface area contributed by atoms with E-state index in [0.29, 0.717) is 0 Å². The normalized spacial score (nSPS) is 13.2. The molecule has 1 N–H and O–H groups in total. The van der Waals surface area contributed by atoms with Crippen LogP contribution in [0, 0.1) is 0 Å². The lowest BCUT2D eigenvalue weighted by Gasteiger charge is -1.75. The summed E-state index contributed by atoms with van der Waals surface area (Å²) >= 11 is 0. The van der Waals surface area contributed by atoms with Crippen LogP contribution in [-0.4, -0.2) is 11.1 Å². The van der Waals surface area contributed by atoms with E-state index in [0.717, 1.165) is 6.08 Å². The van der Waals surface area contributed by atoms with Gasteiger partial charge in [0.05, 0.1) is 0 Å². The van der Waals surface area contributed by atoms with E-state index in [1.165, 1.54) is 6.08 Å². The van der Waals surface area contributed by atoms with Crippen molar-refractivity contribution in [2.45, 2.75) is 6.92 Å². The summed E-state index contributed by atoms with van der Waals surface area (Å²) in [4.78, 5) is 10.0. The van der Waals surface area contributed by atoms with Crippen molar-refractivity contribution < 1.29 is 9.90 Å². The number of hydrogen-bond acceptors (Lipinski definition) is 1. The number of carbonyl (C=O) groups is 1. The van der Waals surface area contributed by atoms with Gasteiger partial charge in [-0.1, -0.05) is 54.7 Å². The Morgan fingerprint density at radius 3 is 1.71 bits per heavy atom. The third kappa shape index (κ3) is 10.2. The summed E-state index contributed by atoms with van der Waals surface area (Å²) in [5.74, 6) is -0.938. The molecule has 0 aromatic carbocycles.